The number of nitrogens with one attached hydrogen (secondary N) is 1. The zero-order chi connectivity index (χ0) is 13.8. The van der Waals surface area contributed by atoms with Gasteiger partial charge in [0, 0.05) is 12.4 Å². The molecule has 0 spiro atoms. The number of aromatic nitrogens is 4. The number of rotatable bonds is 6. The van der Waals surface area contributed by atoms with Gasteiger partial charge in [0.25, 0.3) is 0 Å². The van der Waals surface area contributed by atoms with Gasteiger partial charge in [0.2, 0.25) is 0 Å². The van der Waals surface area contributed by atoms with Gasteiger partial charge in [0.05, 0.1) is 30.2 Å². The first-order valence-corrected chi connectivity index (χ1v) is 5.76. The monoisotopic (exact) mass is 309 g/mol. The van der Waals surface area contributed by atoms with Gasteiger partial charge in [-0.25, -0.2) is 9.07 Å². The summed E-state index contributed by atoms with van der Waals surface area (Å²) in [6, 6.07) is 1.51. The van der Waals surface area contributed by atoms with E-state index in [4.69, 9.17) is 0 Å². The van der Waals surface area contributed by atoms with Crippen molar-refractivity contribution in [2.45, 2.75) is 26.6 Å². The topological polar surface area (TPSA) is 47.7 Å². The van der Waals surface area contributed by atoms with Gasteiger partial charge in [0.1, 0.15) is 6.67 Å². The highest BCUT2D eigenvalue weighted by Crippen LogP contribution is 2.16. The van der Waals surface area contributed by atoms with Crippen LogP contribution in [-0.4, -0.2) is 26.2 Å². The second-order valence-corrected chi connectivity index (χ2v) is 3.98. The predicted molar refractivity (Wildman–Crippen MR) is 71.0 cm³/mol. The molecule has 0 saturated heterocycles. The van der Waals surface area contributed by atoms with Crippen molar-refractivity contribution in [2.24, 2.45) is 0 Å². The Morgan fingerprint density at radius 1 is 1.40 bits per heavy atom. The Hall–Kier alpha value is -1.70. The molecule has 112 valence electrons. The van der Waals surface area contributed by atoms with Crippen LogP contribution in [0, 0.1) is 6.92 Å². The summed E-state index contributed by atoms with van der Waals surface area (Å²) in [5, 5.41) is 10.6. The Morgan fingerprint density at radius 2 is 2.15 bits per heavy atom. The van der Waals surface area contributed by atoms with Gasteiger partial charge >= 0.3 is 6.55 Å². The second kappa shape index (κ2) is 7.18. The Labute approximate surface area is 120 Å². The van der Waals surface area contributed by atoms with Crippen LogP contribution in [0.25, 0.3) is 0 Å². The molecule has 5 nitrogen and oxygen atoms in total. The molecular weight excluding hydrogens is 295 g/mol. The van der Waals surface area contributed by atoms with Crippen molar-refractivity contribution in [3.05, 3.63) is 29.8 Å². The maximum absolute atomic E-state index is 12.6. The smallest absolute Gasteiger partial charge is 0.333 e. The minimum atomic E-state index is -2.66. The number of halogens is 4. The molecule has 2 rings (SSSR count). The zero-order valence-electron chi connectivity index (χ0n) is 10.8. The lowest BCUT2D eigenvalue weighted by molar-refractivity contribution is 0.0537. The quantitative estimate of drug-likeness (QED) is 0.892. The van der Waals surface area contributed by atoms with Crippen LogP contribution in [-0.2, 0) is 13.1 Å². The maximum Gasteiger partial charge on any atom is 0.333 e. The first kappa shape index (κ1) is 16.4. The van der Waals surface area contributed by atoms with Crippen LogP contribution in [0.5, 0.6) is 0 Å². The normalized spacial score (nSPS) is 10.7. The highest BCUT2D eigenvalue weighted by Gasteiger charge is 2.12. The minimum Gasteiger partial charge on any atom is -0.377 e. The maximum atomic E-state index is 12.6. The SMILES string of the molecule is Cc1nn(CCF)cc1NCc1ccnn1C(F)F.Cl. The molecule has 0 aliphatic heterocycles. The lowest BCUT2D eigenvalue weighted by atomic mass is 10.3. The first-order valence-electron chi connectivity index (χ1n) is 5.76. The van der Waals surface area contributed by atoms with E-state index in [0.717, 1.165) is 0 Å². The third-order valence-electron chi connectivity index (χ3n) is 2.66. The number of alkyl halides is 3. The van der Waals surface area contributed by atoms with E-state index in [1.165, 1.54) is 16.9 Å². The van der Waals surface area contributed by atoms with E-state index in [9.17, 15) is 13.2 Å². The van der Waals surface area contributed by atoms with E-state index in [0.29, 0.717) is 21.8 Å². The van der Waals surface area contributed by atoms with Crippen molar-refractivity contribution < 1.29 is 13.2 Å². The first-order chi connectivity index (χ1) is 9.11. The third kappa shape index (κ3) is 3.66. The molecule has 0 atom stereocenters. The van der Waals surface area contributed by atoms with Crippen molar-refractivity contribution >= 4 is 18.1 Å². The van der Waals surface area contributed by atoms with Crippen molar-refractivity contribution in [3.63, 3.8) is 0 Å². The molecule has 1 N–H and O–H groups in total. The lowest BCUT2D eigenvalue weighted by Gasteiger charge is -2.07. The summed E-state index contributed by atoms with van der Waals surface area (Å²) in [5.74, 6) is 0. The van der Waals surface area contributed by atoms with Crippen molar-refractivity contribution in [1.29, 1.82) is 0 Å². The average Bonchev–Trinajstić information content (AvgIpc) is 2.94. The molecule has 0 aliphatic rings. The molecular formula is C11H15ClF3N5. The highest BCUT2D eigenvalue weighted by atomic mass is 35.5. The number of nitrogens with zero attached hydrogens (tertiary/aromatic N) is 4. The second-order valence-electron chi connectivity index (χ2n) is 3.98. The molecule has 9 heteroatoms. The molecule has 2 aromatic rings. The van der Waals surface area contributed by atoms with Crippen LogP contribution >= 0.6 is 12.4 Å². The summed E-state index contributed by atoms with van der Waals surface area (Å²) in [6.45, 7) is -1.02. The predicted octanol–water partition coefficient (Wildman–Crippen LogP) is 2.79. The Kier molecular flexibility index (Phi) is 5.87. The molecule has 0 saturated carbocycles. The van der Waals surface area contributed by atoms with Gasteiger partial charge < -0.3 is 5.32 Å². The molecule has 20 heavy (non-hydrogen) atoms. The van der Waals surface area contributed by atoms with Crippen LogP contribution in [0.1, 0.15) is 17.9 Å². The van der Waals surface area contributed by atoms with Gasteiger partial charge in [-0.15, -0.1) is 12.4 Å². The van der Waals surface area contributed by atoms with E-state index in [2.05, 4.69) is 15.5 Å². The van der Waals surface area contributed by atoms with Crippen molar-refractivity contribution in [3.8, 4) is 0 Å². The molecule has 0 radical (unpaired) electrons. The fourth-order valence-electron chi connectivity index (χ4n) is 1.74. The molecule has 0 aliphatic carbocycles. The Morgan fingerprint density at radius 3 is 2.80 bits per heavy atom. The van der Waals surface area contributed by atoms with Gasteiger partial charge in [-0.05, 0) is 13.0 Å². The molecule has 2 aromatic heterocycles. The fraction of sp³-hybridized carbons (Fsp3) is 0.455. The largest absolute Gasteiger partial charge is 0.377 e. The summed E-state index contributed by atoms with van der Waals surface area (Å²) < 4.78 is 39.5. The number of aryl methyl sites for hydroxylation is 2. The van der Waals surface area contributed by atoms with E-state index >= 15 is 0 Å². The third-order valence-corrected chi connectivity index (χ3v) is 2.66. The average molecular weight is 310 g/mol. The van der Waals surface area contributed by atoms with Gasteiger partial charge in [-0.3, -0.25) is 4.68 Å². The fourth-order valence-corrected chi connectivity index (χ4v) is 1.74. The van der Waals surface area contributed by atoms with E-state index in [-0.39, 0.29) is 25.5 Å². The molecule has 2 heterocycles. The number of anilines is 1. The highest BCUT2D eigenvalue weighted by molar-refractivity contribution is 5.85. The van der Waals surface area contributed by atoms with Crippen LogP contribution < -0.4 is 5.32 Å². The van der Waals surface area contributed by atoms with Crippen LogP contribution in [0.3, 0.4) is 0 Å². The summed E-state index contributed by atoms with van der Waals surface area (Å²) in [4.78, 5) is 0. The lowest BCUT2D eigenvalue weighted by Crippen LogP contribution is -2.09. The zero-order valence-corrected chi connectivity index (χ0v) is 11.6. The number of hydrogen-bond acceptors (Lipinski definition) is 3. The van der Waals surface area contributed by atoms with E-state index in [1.807, 2.05) is 0 Å². The van der Waals surface area contributed by atoms with Gasteiger partial charge in [-0.1, -0.05) is 0 Å². The summed E-state index contributed by atoms with van der Waals surface area (Å²) in [6.07, 6.45) is 2.97. The van der Waals surface area contributed by atoms with Crippen LogP contribution in [0.2, 0.25) is 0 Å². The summed E-state index contributed by atoms with van der Waals surface area (Å²) in [7, 11) is 0. The van der Waals surface area contributed by atoms with E-state index < -0.39 is 13.2 Å². The minimum absolute atomic E-state index is 0. The number of hydrogen-bond donors (Lipinski definition) is 1. The molecule has 0 bridgehead atoms. The summed E-state index contributed by atoms with van der Waals surface area (Å²) >= 11 is 0. The van der Waals surface area contributed by atoms with Crippen molar-refractivity contribution in [2.75, 3.05) is 12.0 Å². The Bertz CT molecular complexity index is 540. The molecule has 0 unspecified atom stereocenters. The van der Waals surface area contributed by atoms with Crippen molar-refractivity contribution in [1.82, 2.24) is 19.6 Å². The van der Waals surface area contributed by atoms with Crippen LogP contribution in [0.15, 0.2) is 18.5 Å². The van der Waals surface area contributed by atoms with E-state index in [1.54, 1.807) is 13.1 Å². The molecule has 0 amide bonds. The standard InChI is InChI=1S/C11H14F3N5.ClH/c1-8-10(7-18(17-8)5-3-12)15-6-9-2-4-16-19(9)11(13)14;/h2,4,7,11,15H,3,5-6H2,1H3;1H. The summed E-state index contributed by atoms with van der Waals surface area (Å²) in [5.41, 5.74) is 1.75. The van der Waals surface area contributed by atoms with Gasteiger partial charge in [-0.2, -0.15) is 19.0 Å². The van der Waals surface area contributed by atoms with Gasteiger partial charge in [0.15, 0.2) is 0 Å². The molecule has 0 fully saturated rings. The van der Waals surface area contributed by atoms with Crippen LogP contribution in [0.4, 0.5) is 18.9 Å². The molecule has 0 aromatic carbocycles. The Balaban J connectivity index is 0.00000200.